The zero-order valence-electron chi connectivity index (χ0n) is 12.2. The van der Waals surface area contributed by atoms with Gasteiger partial charge in [0, 0.05) is 17.9 Å². The van der Waals surface area contributed by atoms with Crippen molar-refractivity contribution in [2.24, 2.45) is 0 Å². The van der Waals surface area contributed by atoms with E-state index in [-0.39, 0.29) is 0 Å². The van der Waals surface area contributed by atoms with Crippen molar-refractivity contribution in [3.8, 4) is 0 Å². The number of pyridine rings is 1. The number of aromatic nitrogens is 4. The summed E-state index contributed by atoms with van der Waals surface area (Å²) in [7, 11) is 0. The van der Waals surface area contributed by atoms with Gasteiger partial charge in [0.1, 0.15) is 5.52 Å². The number of para-hydroxylation sites is 1. The predicted octanol–water partition coefficient (Wildman–Crippen LogP) is 3.22. The zero-order valence-corrected chi connectivity index (χ0v) is 12.2. The largest absolute Gasteiger partial charge is 0.323 e. The minimum absolute atomic E-state index is 0.761. The van der Waals surface area contributed by atoms with Crippen molar-refractivity contribution in [1.29, 1.82) is 0 Å². The van der Waals surface area contributed by atoms with Crippen LogP contribution in [0.5, 0.6) is 0 Å². The lowest BCUT2D eigenvalue weighted by Crippen LogP contribution is -2.00. The van der Waals surface area contributed by atoms with Crippen LogP contribution >= 0.6 is 0 Å². The van der Waals surface area contributed by atoms with Crippen molar-refractivity contribution >= 4 is 16.6 Å². The first-order valence-corrected chi connectivity index (χ1v) is 7.78. The van der Waals surface area contributed by atoms with E-state index in [1.165, 1.54) is 41.5 Å². The number of fused-ring (bicyclic) bond motifs is 4. The minimum atomic E-state index is 0.761. The Kier molecular flexibility index (Phi) is 2.41. The lowest BCUT2D eigenvalue weighted by molar-refractivity contribution is 0.670. The van der Waals surface area contributed by atoms with E-state index in [0.29, 0.717) is 0 Å². The number of benzene rings is 1. The average molecular weight is 288 g/mol. The van der Waals surface area contributed by atoms with Gasteiger partial charge in [0.25, 0.3) is 0 Å². The molecule has 0 unspecified atom stereocenters. The van der Waals surface area contributed by atoms with Crippen molar-refractivity contribution in [3.05, 3.63) is 65.5 Å². The van der Waals surface area contributed by atoms with Gasteiger partial charge in [-0.25, -0.2) is 4.68 Å². The Bertz CT molecular complexity index is 993. The lowest BCUT2D eigenvalue weighted by atomic mass is 10.1. The molecule has 4 aromatic rings. The summed E-state index contributed by atoms with van der Waals surface area (Å²) in [6.07, 6.45) is 8.10. The summed E-state index contributed by atoms with van der Waals surface area (Å²) in [5.41, 5.74) is 7.71. The van der Waals surface area contributed by atoms with Crippen LogP contribution < -0.4 is 0 Å². The molecule has 4 heteroatoms. The average Bonchev–Trinajstić information content (AvgIpc) is 3.24. The second kappa shape index (κ2) is 4.44. The molecular formula is C18H16N4. The summed E-state index contributed by atoms with van der Waals surface area (Å²) in [5.74, 6) is 0. The highest BCUT2D eigenvalue weighted by atomic mass is 15.4. The molecule has 0 atom stereocenters. The van der Waals surface area contributed by atoms with Crippen LogP contribution in [0.2, 0.25) is 0 Å². The first-order chi connectivity index (χ1) is 10.9. The van der Waals surface area contributed by atoms with Gasteiger partial charge in [0.2, 0.25) is 0 Å². The molecule has 22 heavy (non-hydrogen) atoms. The van der Waals surface area contributed by atoms with Crippen molar-refractivity contribution < 1.29 is 0 Å². The normalized spacial score (nSPS) is 14.0. The van der Waals surface area contributed by atoms with Gasteiger partial charge in [-0.15, -0.1) is 5.10 Å². The summed E-state index contributed by atoms with van der Waals surface area (Å²) in [4.78, 5) is 0. The Morgan fingerprint density at radius 1 is 1.05 bits per heavy atom. The van der Waals surface area contributed by atoms with E-state index < -0.39 is 0 Å². The summed E-state index contributed by atoms with van der Waals surface area (Å²) < 4.78 is 4.23. The van der Waals surface area contributed by atoms with Gasteiger partial charge in [0.05, 0.1) is 12.1 Å². The fourth-order valence-corrected chi connectivity index (χ4v) is 3.61. The van der Waals surface area contributed by atoms with Crippen molar-refractivity contribution in [2.45, 2.75) is 25.8 Å². The lowest BCUT2D eigenvalue weighted by Gasteiger charge is -2.01. The van der Waals surface area contributed by atoms with Gasteiger partial charge < -0.3 is 4.40 Å². The van der Waals surface area contributed by atoms with Crippen LogP contribution in [0, 0.1) is 0 Å². The summed E-state index contributed by atoms with van der Waals surface area (Å²) in [6, 6.07) is 12.7. The number of hydrogen-bond acceptors (Lipinski definition) is 2. The van der Waals surface area contributed by atoms with Crippen molar-refractivity contribution in [3.63, 3.8) is 0 Å². The molecule has 3 aromatic heterocycles. The molecule has 0 aliphatic heterocycles. The monoisotopic (exact) mass is 288 g/mol. The van der Waals surface area contributed by atoms with Crippen LogP contribution in [-0.2, 0) is 19.4 Å². The highest BCUT2D eigenvalue weighted by Gasteiger charge is 2.15. The third-order valence-electron chi connectivity index (χ3n) is 4.66. The number of hydrogen-bond donors (Lipinski definition) is 0. The van der Waals surface area contributed by atoms with E-state index >= 15 is 0 Å². The van der Waals surface area contributed by atoms with Crippen LogP contribution in [0.25, 0.3) is 16.6 Å². The highest BCUT2D eigenvalue weighted by molar-refractivity contribution is 5.74. The summed E-state index contributed by atoms with van der Waals surface area (Å²) >= 11 is 0. The number of rotatable bonds is 2. The molecule has 0 spiro atoms. The summed E-state index contributed by atoms with van der Waals surface area (Å²) in [5, 5.41) is 8.52. The highest BCUT2D eigenvalue weighted by Crippen LogP contribution is 2.27. The van der Waals surface area contributed by atoms with E-state index in [4.69, 9.17) is 0 Å². The molecule has 0 bridgehead atoms. The Morgan fingerprint density at radius 2 is 2.00 bits per heavy atom. The molecule has 4 nitrogen and oxygen atoms in total. The molecule has 5 rings (SSSR count). The maximum Gasteiger partial charge on any atom is 0.113 e. The molecule has 1 aliphatic carbocycles. The van der Waals surface area contributed by atoms with Gasteiger partial charge in [0.15, 0.2) is 0 Å². The Balaban J connectivity index is 1.60. The fourth-order valence-electron chi connectivity index (χ4n) is 3.61. The molecule has 0 radical (unpaired) electrons. The molecule has 0 fully saturated rings. The molecule has 0 saturated heterocycles. The first kappa shape index (κ1) is 12.0. The maximum absolute atomic E-state index is 4.29. The van der Waals surface area contributed by atoms with Gasteiger partial charge in [-0.1, -0.05) is 17.3 Å². The summed E-state index contributed by atoms with van der Waals surface area (Å²) in [6.45, 7) is 0.761. The second-order valence-corrected chi connectivity index (χ2v) is 6.05. The molecule has 0 saturated carbocycles. The molecule has 1 aromatic carbocycles. The standard InChI is InChI=1S/C18H16N4/c1-2-7-17-16(6-1)19-20-22(17)12-13-10-18-15-5-3-4-14(15)8-9-21(18)11-13/h1-2,6-11H,3-5,12H2. The van der Waals surface area contributed by atoms with Crippen LogP contribution in [-0.4, -0.2) is 19.4 Å². The molecule has 1 aliphatic rings. The van der Waals surface area contributed by atoms with Crippen LogP contribution in [0.4, 0.5) is 0 Å². The quantitative estimate of drug-likeness (QED) is 0.567. The van der Waals surface area contributed by atoms with Gasteiger partial charge in [-0.3, -0.25) is 0 Å². The van der Waals surface area contributed by atoms with E-state index in [0.717, 1.165) is 17.6 Å². The topological polar surface area (TPSA) is 35.1 Å². The number of aryl methyl sites for hydroxylation is 2. The van der Waals surface area contributed by atoms with Crippen LogP contribution in [0.3, 0.4) is 0 Å². The Labute approximate surface area is 128 Å². The molecule has 3 heterocycles. The molecular weight excluding hydrogens is 272 g/mol. The smallest absolute Gasteiger partial charge is 0.113 e. The van der Waals surface area contributed by atoms with Crippen LogP contribution in [0.1, 0.15) is 23.1 Å². The second-order valence-electron chi connectivity index (χ2n) is 6.05. The van der Waals surface area contributed by atoms with Gasteiger partial charge >= 0.3 is 0 Å². The molecule has 0 N–H and O–H groups in total. The third-order valence-corrected chi connectivity index (χ3v) is 4.66. The molecule has 108 valence electrons. The Hall–Kier alpha value is -2.62. The molecule has 0 amide bonds. The maximum atomic E-state index is 4.29. The number of nitrogens with zero attached hydrogens (tertiary/aromatic N) is 4. The first-order valence-electron chi connectivity index (χ1n) is 7.78. The van der Waals surface area contributed by atoms with Crippen molar-refractivity contribution in [2.75, 3.05) is 0 Å². The van der Waals surface area contributed by atoms with Crippen molar-refractivity contribution in [1.82, 2.24) is 19.4 Å². The SMILES string of the molecule is c1ccc2c(c1)nnn2Cc1cc2c3c(ccn2c1)CCC3. The third kappa shape index (κ3) is 1.70. The van der Waals surface area contributed by atoms with E-state index in [1.807, 2.05) is 22.9 Å². The van der Waals surface area contributed by atoms with Gasteiger partial charge in [-0.05, 0) is 60.2 Å². The van der Waals surface area contributed by atoms with Gasteiger partial charge in [-0.2, -0.15) is 0 Å². The predicted molar refractivity (Wildman–Crippen MR) is 86.1 cm³/mol. The minimum Gasteiger partial charge on any atom is -0.323 e. The van der Waals surface area contributed by atoms with E-state index in [2.05, 4.69) is 45.3 Å². The van der Waals surface area contributed by atoms with E-state index in [9.17, 15) is 0 Å². The zero-order chi connectivity index (χ0) is 14.5. The fraction of sp³-hybridized carbons (Fsp3) is 0.222. The van der Waals surface area contributed by atoms with Crippen LogP contribution in [0.15, 0.2) is 48.8 Å². The Morgan fingerprint density at radius 3 is 3.00 bits per heavy atom. The van der Waals surface area contributed by atoms with E-state index in [1.54, 1.807) is 0 Å².